The Balaban J connectivity index is 1.37. The van der Waals surface area contributed by atoms with Crippen molar-refractivity contribution in [3.63, 3.8) is 0 Å². The molecule has 6 heteroatoms. The van der Waals surface area contributed by atoms with Crippen LogP contribution in [0.4, 0.5) is 13.2 Å². The predicted octanol–water partition coefficient (Wildman–Crippen LogP) is 6.02. The molecule has 150 valence electrons. The molecule has 0 atom stereocenters. The fourth-order valence-corrected chi connectivity index (χ4v) is 3.21. The van der Waals surface area contributed by atoms with Crippen LogP contribution in [0, 0.1) is 5.92 Å². The molecule has 3 rings (SSSR count). The van der Waals surface area contributed by atoms with E-state index in [-0.39, 0.29) is 6.61 Å². The second kappa shape index (κ2) is 9.62. The van der Waals surface area contributed by atoms with Crippen LogP contribution >= 0.6 is 0 Å². The van der Waals surface area contributed by atoms with E-state index in [0.29, 0.717) is 17.9 Å². The number of nitrogens with zero attached hydrogens (tertiary/aromatic N) is 1. The molecule has 1 saturated carbocycles. The van der Waals surface area contributed by atoms with Crippen LogP contribution in [0.25, 0.3) is 0 Å². The molecular weight excluding hydrogens is 367 g/mol. The van der Waals surface area contributed by atoms with Crippen LogP contribution in [0.2, 0.25) is 0 Å². The van der Waals surface area contributed by atoms with Gasteiger partial charge in [-0.15, -0.1) is 0 Å². The molecule has 0 aromatic heterocycles. The lowest BCUT2D eigenvalue weighted by Gasteiger charge is -2.11. The summed E-state index contributed by atoms with van der Waals surface area (Å²) in [7, 11) is 0. The van der Waals surface area contributed by atoms with Gasteiger partial charge in [-0.05, 0) is 54.2 Å². The van der Waals surface area contributed by atoms with E-state index in [4.69, 9.17) is 9.57 Å². The van der Waals surface area contributed by atoms with Crippen molar-refractivity contribution >= 4 is 6.21 Å². The van der Waals surface area contributed by atoms with Crippen molar-refractivity contribution in [2.24, 2.45) is 11.1 Å². The molecule has 0 aliphatic heterocycles. The summed E-state index contributed by atoms with van der Waals surface area (Å²) >= 11 is 0. The average Bonchev–Trinajstić information content (AvgIpc) is 3.20. The van der Waals surface area contributed by atoms with Crippen molar-refractivity contribution in [1.29, 1.82) is 0 Å². The van der Waals surface area contributed by atoms with Crippen LogP contribution in [0.5, 0.6) is 5.75 Å². The monoisotopic (exact) mass is 391 g/mol. The fraction of sp³-hybridized carbons (Fsp3) is 0.409. The van der Waals surface area contributed by atoms with Gasteiger partial charge in [-0.25, -0.2) is 0 Å². The van der Waals surface area contributed by atoms with Crippen LogP contribution in [0.1, 0.15) is 42.4 Å². The molecule has 0 saturated heterocycles. The van der Waals surface area contributed by atoms with E-state index in [9.17, 15) is 13.2 Å². The summed E-state index contributed by atoms with van der Waals surface area (Å²) in [5.41, 5.74) is 1.04. The summed E-state index contributed by atoms with van der Waals surface area (Å²) in [5.74, 6) is 1.57. The Hall–Kier alpha value is -2.50. The highest BCUT2D eigenvalue weighted by Crippen LogP contribution is 2.29. The van der Waals surface area contributed by atoms with Crippen molar-refractivity contribution in [2.45, 2.75) is 44.9 Å². The molecule has 2 aromatic carbocycles. The van der Waals surface area contributed by atoms with Gasteiger partial charge in [0.25, 0.3) is 0 Å². The zero-order valence-electron chi connectivity index (χ0n) is 15.6. The van der Waals surface area contributed by atoms with Crippen LogP contribution in [0.3, 0.4) is 0 Å². The lowest BCUT2D eigenvalue weighted by molar-refractivity contribution is -0.137. The van der Waals surface area contributed by atoms with Gasteiger partial charge in [0.05, 0.1) is 12.2 Å². The topological polar surface area (TPSA) is 30.8 Å². The van der Waals surface area contributed by atoms with Gasteiger partial charge in [-0.3, -0.25) is 0 Å². The maximum absolute atomic E-state index is 12.5. The largest absolute Gasteiger partial charge is 0.493 e. The molecule has 28 heavy (non-hydrogen) atoms. The van der Waals surface area contributed by atoms with Gasteiger partial charge in [0.2, 0.25) is 0 Å². The summed E-state index contributed by atoms with van der Waals surface area (Å²) in [6.45, 7) is 0.918. The molecule has 0 N–H and O–H groups in total. The molecule has 3 nitrogen and oxygen atoms in total. The summed E-state index contributed by atoms with van der Waals surface area (Å²) in [6, 6.07) is 12.8. The Labute approximate surface area is 163 Å². The zero-order chi connectivity index (χ0) is 19.8. The lowest BCUT2D eigenvalue weighted by atomic mass is 10.1. The third-order valence-electron chi connectivity index (χ3n) is 4.87. The quantitative estimate of drug-likeness (QED) is 0.407. The number of oxime groups is 1. The van der Waals surface area contributed by atoms with Crippen LogP contribution in [-0.4, -0.2) is 12.8 Å². The third kappa shape index (κ3) is 6.29. The van der Waals surface area contributed by atoms with Gasteiger partial charge >= 0.3 is 6.18 Å². The van der Waals surface area contributed by atoms with Gasteiger partial charge in [0.1, 0.15) is 12.4 Å². The zero-order valence-corrected chi connectivity index (χ0v) is 15.6. The highest BCUT2D eigenvalue weighted by molar-refractivity contribution is 5.60. The average molecular weight is 391 g/mol. The molecule has 1 fully saturated rings. The van der Waals surface area contributed by atoms with E-state index in [0.717, 1.165) is 30.1 Å². The molecule has 0 bridgehead atoms. The molecule has 0 spiro atoms. The minimum Gasteiger partial charge on any atom is -0.493 e. The van der Waals surface area contributed by atoms with Gasteiger partial charge in [0, 0.05) is 12.6 Å². The Morgan fingerprint density at radius 3 is 2.21 bits per heavy atom. The van der Waals surface area contributed by atoms with E-state index >= 15 is 0 Å². The SMILES string of the molecule is FC(F)(F)c1ccc(CON=CCc2ccc(OCC3CCCC3)cc2)cc1. The first-order valence-corrected chi connectivity index (χ1v) is 9.52. The molecule has 0 heterocycles. The fourth-order valence-electron chi connectivity index (χ4n) is 3.21. The van der Waals surface area contributed by atoms with Crippen LogP contribution < -0.4 is 4.74 Å². The van der Waals surface area contributed by atoms with Crippen LogP contribution in [0.15, 0.2) is 53.7 Å². The molecule has 1 aliphatic carbocycles. The molecule has 0 unspecified atom stereocenters. The highest BCUT2D eigenvalue weighted by Gasteiger charge is 2.29. The standard InChI is InChI=1S/C22H24F3NO2/c23-22(24,25)20-9-5-19(6-10-20)16-28-26-14-13-17-7-11-21(12-8-17)27-15-18-3-1-2-4-18/h5-12,14,18H,1-4,13,15-16H2. The second-order valence-electron chi connectivity index (χ2n) is 7.07. The third-order valence-corrected chi connectivity index (χ3v) is 4.87. The van der Waals surface area contributed by atoms with Crippen molar-refractivity contribution in [2.75, 3.05) is 6.61 Å². The van der Waals surface area contributed by atoms with Crippen LogP contribution in [-0.2, 0) is 24.0 Å². The normalized spacial score (nSPS) is 15.2. The molecule has 2 aromatic rings. The van der Waals surface area contributed by atoms with Crippen molar-refractivity contribution < 1.29 is 22.7 Å². The number of hydrogen-bond acceptors (Lipinski definition) is 3. The number of ether oxygens (including phenoxy) is 1. The first-order chi connectivity index (χ1) is 13.5. The maximum Gasteiger partial charge on any atom is 0.416 e. The molecule has 0 amide bonds. The summed E-state index contributed by atoms with van der Waals surface area (Å²) < 4.78 is 43.4. The Morgan fingerprint density at radius 2 is 1.57 bits per heavy atom. The second-order valence-corrected chi connectivity index (χ2v) is 7.07. The number of alkyl halides is 3. The van der Waals surface area contributed by atoms with E-state index in [1.165, 1.54) is 37.8 Å². The number of benzene rings is 2. The highest BCUT2D eigenvalue weighted by atomic mass is 19.4. The van der Waals surface area contributed by atoms with Crippen molar-refractivity contribution in [1.82, 2.24) is 0 Å². The van der Waals surface area contributed by atoms with Crippen molar-refractivity contribution in [3.05, 3.63) is 65.2 Å². The first-order valence-electron chi connectivity index (χ1n) is 9.52. The molecule has 1 aliphatic rings. The smallest absolute Gasteiger partial charge is 0.416 e. The summed E-state index contributed by atoms with van der Waals surface area (Å²) in [5, 5.41) is 3.87. The van der Waals surface area contributed by atoms with Gasteiger partial charge in [-0.2, -0.15) is 13.2 Å². The molecule has 0 radical (unpaired) electrons. The lowest BCUT2D eigenvalue weighted by Crippen LogP contribution is -2.07. The van der Waals surface area contributed by atoms with Crippen molar-refractivity contribution in [3.8, 4) is 5.75 Å². The molecular formula is C22H24F3NO2. The Kier molecular flexibility index (Phi) is 6.95. The Morgan fingerprint density at radius 1 is 0.929 bits per heavy atom. The minimum atomic E-state index is -4.32. The van der Waals surface area contributed by atoms with E-state index in [1.807, 2.05) is 24.3 Å². The van der Waals surface area contributed by atoms with E-state index < -0.39 is 11.7 Å². The minimum absolute atomic E-state index is 0.128. The number of hydrogen-bond donors (Lipinski definition) is 0. The summed E-state index contributed by atoms with van der Waals surface area (Å²) in [4.78, 5) is 5.15. The number of halogens is 3. The Bertz CT molecular complexity index is 749. The van der Waals surface area contributed by atoms with Gasteiger partial charge in [0.15, 0.2) is 0 Å². The first kappa shape index (κ1) is 20.2. The van der Waals surface area contributed by atoms with E-state index in [1.54, 1.807) is 6.21 Å². The van der Waals surface area contributed by atoms with Gasteiger partial charge < -0.3 is 9.57 Å². The van der Waals surface area contributed by atoms with Gasteiger partial charge in [-0.1, -0.05) is 42.3 Å². The maximum atomic E-state index is 12.5. The number of rotatable bonds is 8. The predicted molar refractivity (Wildman–Crippen MR) is 102 cm³/mol. The van der Waals surface area contributed by atoms with E-state index in [2.05, 4.69) is 5.16 Å². The summed E-state index contributed by atoms with van der Waals surface area (Å²) in [6.07, 6.45) is 3.07.